The number of nitrogens with two attached hydrogens (primary N) is 1. The maximum Gasteiger partial charge on any atom is 0.275 e. The third kappa shape index (κ3) is 4.42. The Labute approximate surface area is 186 Å². The van der Waals surface area contributed by atoms with Gasteiger partial charge in [-0.25, -0.2) is 14.4 Å². The van der Waals surface area contributed by atoms with Crippen molar-refractivity contribution in [3.05, 3.63) is 52.4 Å². The highest BCUT2D eigenvalue weighted by atomic mass is 32.1. The Balaban J connectivity index is 1.69. The van der Waals surface area contributed by atoms with Crippen LogP contribution in [0.4, 0.5) is 14.5 Å². The van der Waals surface area contributed by atoms with E-state index in [2.05, 4.69) is 20.4 Å². The molecular weight excluding hydrogens is 436 g/mol. The number of aromatic nitrogens is 4. The highest BCUT2D eigenvalue weighted by Crippen LogP contribution is 2.33. The molecule has 0 saturated heterocycles. The Kier molecular flexibility index (Phi) is 6.35. The van der Waals surface area contributed by atoms with Gasteiger partial charge in [-0.05, 0) is 25.0 Å². The summed E-state index contributed by atoms with van der Waals surface area (Å²) in [5.74, 6) is -2.13. The van der Waals surface area contributed by atoms with Crippen LogP contribution in [0.15, 0.2) is 29.9 Å². The van der Waals surface area contributed by atoms with E-state index >= 15 is 0 Å². The molecule has 11 heteroatoms. The number of anilines is 1. The number of hydrogen-bond donors (Lipinski definition) is 3. The quantitative estimate of drug-likeness (QED) is 0.374. The Bertz CT molecular complexity index is 1180. The van der Waals surface area contributed by atoms with Crippen molar-refractivity contribution in [2.75, 3.05) is 5.32 Å². The zero-order chi connectivity index (χ0) is 22.7. The van der Waals surface area contributed by atoms with Crippen LogP contribution in [-0.2, 0) is 0 Å². The van der Waals surface area contributed by atoms with Gasteiger partial charge in [0.1, 0.15) is 22.1 Å². The molecule has 32 heavy (non-hydrogen) atoms. The normalized spacial score (nSPS) is 15.0. The summed E-state index contributed by atoms with van der Waals surface area (Å²) in [5.41, 5.74) is 5.96. The van der Waals surface area contributed by atoms with Crippen molar-refractivity contribution in [2.24, 2.45) is 5.73 Å². The highest BCUT2D eigenvalue weighted by molar-refractivity contribution is 7.11. The first-order valence-corrected chi connectivity index (χ1v) is 11.0. The van der Waals surface area contributed by atoms with Gasteiger partial charge in [-0.2, -0.15) is 9.49 Å². The summed E-state index contributed by atoms with van der Waals surface area (Å²) in [7, 11) is 0. The van der Waals surface area contributed by atoms with Crippen LogP contribution in [-0.4, -0.2) is 31.9 Å². The second kappa shape index (κ2) is 9.35. The lowest BCUT2D eigenvalue weighted by Crippen LogP contribution is -2.14. The van der Waals surface area contributed by atoms with E-state index in [9.17, 15) is 13.6 Å². The standard InChI is InChI=1S/C21H21F2N7OS/c22-14-6-7-17(23)28-18(14)19-15(10-30(29-19)13-4-2-1-3-5-13)26-20(31)16-11-32-21(27-16)12(8-24)9-25/h6-11,13,24H,1-5,25H2,(H,26,31). The molecule has 1 aliphatic rings. The molecule has 1 aliphatic carbocycles. The summed E-state index contributed by atoms with van der Waals surface area (Å²) in [4.78, 5) is 20.7. The Morgan fingerprint density at radius 3 is 2.72 bits per heavy atom. The average Bonchev–Trinajstić information content (AvgIpc) is 3.45. The van der Waals surface area contributed by atoms with Crippen molar-refractivity contribution >= 4 is 34.7 Å². The summed E-state index contributed by atoms with van der Waals surface area (Å²) in [6, 6.07) is 2.02. The van der Waals surface area contributed by atoms with Crippen LogP contribution >= 0.6 is 11.3 Å². The van der Waals surface area contributed by atoms with E-state index in [-0.39, 0.29) is 28.8 Å². The van der Waals surface area contributed by atoms with Crippen molar-refractivity contribution in [3.63, 3.8) is 0 Å². The first kappa shape index (κ1) is 21.8. The monoisotopic (exact) mass is 457 g/mol. The molecule has 3 aromatic heterocycles. The van der Waals surface area contributed by atoms with Crippen molar-refractivity contribution < 1.29 is 13.6 Å². The Morgan fingerprint density at radius 2 is 2.00 bits per heavy atom. The minimum atomic E-state index is -0.845. The minimum absolute atomic E-state index is 0.0541. The third-order valence-electron chi connectivity index (χ3n) is 5.28. The fourth-order valence-corrected chi connectivity index (χ4v) is 4.45. The fourth-order valence-electron chi connectivity index (χ4n) is 3.65. The lowest BCUT2D eigenvalue weighted by Gasteiger charge is -2.21. The van der Waals surface area contributed by atoms with Gasteiger partial charge in [0.05, 0.1) is 11.7 Å². The first-order chi connectivity index (χ1) is 15.5. The zero-order valence-corrected chi connectivity index (χ0v) is 17.8. The van der Waals surface area contributed by atoms with Crippen LogP contribution in [0.1, 0.15) is 53.6 Å². The topological polar surface area (TPSA) is 123 Å². The number of hydrogen-bond acceptors (Lipinski definition) is 7. The number of nitrogens with one attached hydrogen (secondary N) is 2. The molecule has 1 amide bonds. The van der Waals surface area contributed by atoms with Gasteiger partial charge in [-0.3, -0.25) is 9.48 Å². The summed E-state index contributed by atoms with van der Waals surface area (Å²) in [6.07, 6.45) is 9.01. The lowest BCUT2D eigenvalue weighted by atomic mass is 9.96. The van der Waals surface area contributed by atoms with Gasteiger partial charge in [0.25, 0.3) is 5.91 Å². The summed E-state index contributed by atoms with van der Waals surface area (Å²) >= 11 is 1.16. The summed E-state index contributed by atoms with van der Waals surface area (Å²) in [6.45, 7) is 0. The van der Waals surface area contributed by atoms with E-state index in [0.717, 1.165) is 61.8 Å². The summed E-state index contributed by atoms with van der Waals surface area (Å²) in [5, 5.41) is 16.5. The minimum Gasteiger partial charge on any atom is -0.404 e. The van der Waals surface area contributed by atoms with E-state index in [1.807, 2.05) is 0 Å². The van der Waals surface area contributed by atoms with E-state index in [0.29, 0.717) is 10.6 Å². The highest BCUT2D eigenvalue weighted by Gasteiger charge is 2.24. The molecule has 0 aromatic carbocycles. The largest absolute Gasteiger partial charge is 0.404 e. The van der Waals surface area contributed by atoms with Crippen molar-refractivity contribution in [1.29, 1.82) is 5.41 Å². The Hall–Kier alpha value is -3.47. The van der Waals surface area contributed by atoms with Crippen molar-refractivity contribution in [3.8, 4) is 11.4 Å². The number of nitrogens with zero attached hydrogens (tertiary/aromatic N) is 4. The molecule has 0 aliphatic heterocycles. The molecule has 1 saturated carbocycles. The maximum absolute atomic E-state index is 14.5. The number of rotatable bonds is 6. The molecule has 3 heterocycles. The maximum atomic E-state index is 14.5. The number of pyridine rings is 1. The number of carbonyl (C=O) groups is 1. The van der Waals surface area contributed by atoms with Crippen LogP contribution in [0.25, 0.3) is 17.0 Å². The number of halogens is 2. The lowest BCUT2D eigenvalue weighted by molar-refractivity contribution is 0.102. The van der Waals surface area contributed by atoms with Gasteiger partial charge in [-0.15, -0.1) is 11.3 Å². The fraction of sp³-hybridized carbons (Fsp3) is 0.286. The number of allylic oxidation sites excluding steroid dienone is 1. The van der Waals surface area contributed by atoms with Gasteiger partial charge < -0.3 is 16.5 Å². The molecule has 4 N–H and O–H groups in total. The number of carbonyl (C=O) groups excluding carboxylic acids is 1. The molecule has 0 spiro atoms. The SMILES string of the molecule is N=CC(=CN)c1nc(C(=O)Nc2cn(C3CCCCC3)nc2-c2nc(F)ccc2F)cs1. The smallest absolute Gasteiger partial charge is 0.275 e. The molecular formula is C21H21F2N7OS. The van der Waals surface area contributed by atoms with Crippen LogP contribution in [0.3, 0.4) is 0 Å². The molecule has 0 atom stereocenters. The molecule has 0 bridgehead atoms. The average molecular weight is 458 g/mol. The van der Waals surface area contributed by atoms with E-state index in [1.54, 1.807) is 10.9 Å². The van der Waals surface area contributed by atoms with Gasteiger partial charge in [0.2, 0.25) is 5.95 Å². The molecule has 166 valence electrons. The molecule has 8 nitrogen and oxygen atoms in total. The molecule has 3 aromatic rings. The third-order valence-corrected chi connectivity index (χ3v) is 6.18. The first-order valence-electron chi connectivity index (χ1n) is 10.1. The van der Waals surface area contributed by atoms with Gasteiger partial charge in [0.15, 0.2) is 5.82 Å². The van der Waals surface area contributed by atoms with Gasteiger partial charge >= 0.3 is 0 Å². The number of amides is 1. The predicted octanol–water partition coefficient (Wildman–Crippen LogP) is 4.39. The van der Waals surface area contributed by atoms with E-state index in [1.165, 1.54) is 11.6 Å². The molecule has 4 rings (SSSR count). The van der Waals surface area contributed by atoms with Crippen molar-refractivity contribution in [2.45, 2.75) is 38.1 Å². The van der Waals surface area contributed by atoms with Crippen molar-refractivity contribution in [1.82, 2.24) is 19.7 Å². The zero-order valence-electron chi connectivity index (χ0n) is 17.0. The van der Waals surface area contributed by atoms with Gasteiger partial charge in [-0.1, -0.05) is 19.3 Å². The number of thiazole rings is 1. The summed E-state index contributed by atoms with van der Waals surface area (Å²) < 4.78 is 29.9. The predicted molar refractivity (Wildman–Crippen MR) is 119 cm³/mol. The second-order valence-corrected chi connectivity index (χ2v) is 8.24. The molecule has 0 radical (unpaired) electrons. The van der Waals surface area contributed by atoms with Crippen LogP contribution < -0.4 is 11.1 Å². The van der Waals surface area contributed by atoms with E-state index in [4.69, 9.17) is 11.1 Å². The molecule has 0 unspecified atom stereocenters. The van der Waals surface area contributed by atoms with Gasteiger partial charge in [0, 0.05) is 29.6 Å². The van der Waals surface area contributed by atoms with E-state index < -0.39 is 17.7 Å². The Morgan fingerprint density at radius 1 is 1.22 bits per heavy atom. The molecule has 1 fully saturated rings. The van der Waals surface area contributed by atoms with Crippen LogP contribution in [0.5, 0.6) is 0 Å². The second-order valence-electron chi connectivity index (χ2n) is 7.39. The van der Waals surface area contributed by atoms with Crippen LogP contribution in [0.2, 0.25) is 0 Å². The van der Waals surface area contributed by atoms with Crippen LogP contribution in [0, 0.1) is 17.2 Å².